The van der Waals surface area contributed by atoms with Crippen LogP contribution in [0.5, 0.6) is 5.75 Å². The number of carbonyl (C=O) groups is 1. The number of hydrogen-bond acceptors (Lipinski definition) is 12. The van der Waals surface area contributed by atoms with Gasteiger partial charge in [-0.2, -0.15) is 4.31 Å². The number of aliphatic hydroxyl groups is 1. The SMILES string of the molecule is Cc1noc(C)c1S(=O)(=O)Nc1ccc2c(c1)C(=O)N([C@H](C)CO)C[C@@H](C)[C@@H](CN(C)S(=O)(=O)c1c(C)noc1C)OCCCC[C@H](C)O2. The number of aryl methyl sites for hydroxylation is 4. The quantitative estimate of drug-likeness (QED) is 0.324. The van der Waals surface area contributed by atoms with Crippen LogP contribution in [0.3, 0.4) is 0 Å². The summed E-state index contributed by atoms with van der Waals surface area (Å²) in [6.45, 7) is 11.6. The number of likely N-dealkylation sites (N-methyl/N-ethyl adjacent to an activating group) is 1. The van der Waals surface area contributed by atoms with Crippen molar-refractivity contribution in [2.45, 2.75) is 95.8 Å². The van der Waals surface area contributed by atoms with Crippen LogP contribution in [0.2, 0.25) is 0 Å². The molecule has 3 aromatic rings. The van der Waals surface area contributed by atoms with Crippen molar-refractivity contribution in [1.29, 1.82) is 0 Å². The van der Waals surface area contributed by atoms with E-state index in [0.29, 0.717) is 19.4 Å². The Morgan fingerprint density at radius 2 is 1.65 bits per heavy atom. The lowest BCUT2D eigenvalue weighted by Crippen LogP contribution is -2.48. The fourth-order valence-corrected chi connectivity index (χ4v) is 8.71. The summed E-state index contributed by atoms with van der Waals surface area (Å²) in [5.41, 5.74) is 0.643. The van der Waals surface area contributed by atoms with Gasteiger partial charge in [-0.05, 0) is 79.0 Å². The first-order chi connectivity index (χ1) is 23.0. The summed E-state index contributed by atoms with van der Waals surface area (Å²) < 4.78 is 80.2. The first kappa shape index (κ1) is 38.3. The van der Waals surface area contributed by atoms with Crippen molar-refractivity contribution in [2.75, 3.05) is 38.1 Å². The van der Waals surface area contributed by atoms with E-state index in [1.165, 1.54) is 49.2 Å². The number of anilines is 1. The van der Waals surface area contributed by atoms with E-state index in [0.717, 1.165) is 6.42 Å². The molecule has 2 N–H and O–H groups in total. The number of nitrogens with one attached hydrogen (secondary N) is 1. The Hall–Kier alpha value is -3.51. The number of nitrogens with zero attached hydrogens (tertiary/aromatic N) is 4. The smallest absolute Gasteiger partial charge is 0.267 e. The van der Waals surface area contributed by atoms with Gasteiger partial charge in [0, 0.05) is 38.3 Å². The van der Waals surface area contributed by atoms with Gasteiger partial charge in [0.05, 0.1) is 30.4 Å². The monoisotopic (exact) mass is 725 g/mol. The topological polar surface area (TPSA) is 195 Å². The molecule has 1 aromatic carbocycles. The number of benzene rings is 1. The van der Waals surface area contributed by atoms with E-state index in [4.69, 9.17) is 18.5 Å². The van der Waals surface area contributed by atoms with Crippen LogP contribution >= 0.6 is 0 Å². The third-order valence-electron chi connectivity index (χ3n) is 8.61. The zero-order chi connectivity index (χ0) is 36.3. The van der Waals surface area contributed by atoms with Crippen molar-refractivity contribution in [3.8, 4) is 5.75 Å². The van der Waals surface area contributed by atoms with Gasteiger partial charge in [-0.1, -0.05) is 17.2 Å². The van der Waals surface area contributed by atoms with Crippen LogP contribution in [0.1, 0.15) is 73.3 Å². The van der Waals surface area contributed by atoms with Crippen molar-refractivity contribution in [3.63, 3.8) is 0 Å². The van der Waals surface area contributed by atoms with Crippen LogP contribution in [0.4, 0.5) is 5.69 Å². The van der Waals surface area contributed by atoms with Crippen molar-refractivity contribution in [1.82, 2.24) is 19.5 Å². The Morgan fingerprint density at radius 1 is 1.02 bits per heavy atom. The highest BCUT2D eigenvalue weighted by molar-refractivity contribution is 7.92. The molecule has 0 spiro atoms. The van der Waals surface area contributed by atoms with Gasteiger partial charge < -0.3 is 28.5 Å². The number of carbonyl (C=O) groups excluding carboxylic acids is 1. The van der Waals surface area contributed by atoms with E-state index in [1.54, 1.807) is 19.9 Å². The summed E-state index contributed by atoms with van der Waals surface area (Å²) in [6.07, 6.45) is 1.12. The maximum absolute atomic E-state index is 14.4. The minimum absolute atomic E-state index is 0.000582. The molecular formula is C32H47N5O10S2. The first-order valence-corrected chi connectivity index (χ1v) is 19.1. The minimum atomic E-state index is -4.12. The number of aromatic nitrogens is 2. The molecule has 1 aliphatic heterocycles. The molecule has 0 unspecified atom stereocenters. The predicted octanol–water partition coefficient (Wildman–Crippen LogP) is 3.81. The van der Waals surface area contributed by atoms with Gasteiger partial charge in [-0.15, -0.1) is 0 Å². The van der Waals surface area contributed by atoms with Gasteiger partial charge in [0.1, 0.15) is 22.0 Å². The van der Waals surface area contributed by atoms with E-state index in [9.17, 15) is 26.7 Å². The van der Waals surface area contributed by atoms with Crippen LogP contribution in [-0.4, -0.2) is 99.0 Å². The lowest BCUT2D eigenvalue weighted by Gasteiger charge is -2.35. The highest BCUT2D eigenvalue weighted by Crippen LogP contribution is 2.31. The largest absolute Gasteiger partial charge is 0.490 e. The van der Waals surface area contributed by atoms with E-state index in [2.05, 4.69) is 15.0 Å². The van der Waals surface area contributed by atoms with Gasteiger partial charge >= 0.3 is 0 Å². The lowest BCUT2D eigenvalue weighted by molar-refractivity contribution is -0.00835. The standard InChI is InChI=1S/C32H47N5O10S2/c1-19-16-37(20(2)18-38)32(39)27-15-26(35-48(40,41)30-22(4)33-46-24(30)6)12-13-28(27)45-21(3)11-9-10-14-44-29(19)17-36(8)49(42,43)31-23(5)34-47-25(31)7/h12-13,15,19-21,29,35,38H,9-11,14,16-18H2,1-8H3/t19-,20-,21+,29-/m1/s1. The summed E-state index contributed by atoms with van der Waals surface area (Å²) >= 11 is 0. The van der Waals surface area contributed by atoms with E-state index >= 15 is 0 Å². The van der Waals surface area contributed by atoms with E-state index in [1.807, 2.05) is 13.8 Å². The van der Waals surface area contributed by atoms with Crippen molar-refractivity contribution >= 4 is 31.6 Å². The number of sulfonamides is 2. The number of aliphatic hydroxyl groups excluding tert-OH is 1. The maximum Gasteiger partial charge on any atom is 0.267 e. The molecule has 15 nitrogen and oxygen atoms in total. The fourth-order valence-electron chi connectivity index (χ4n) is 5.86. The van der Waals surface area contributed by atoms with Crippen LogP contribution in [0, 0.1) is 33.6 Å². The maximum atomic E-state index is 14.4. The highest BCUT2D eigenvalue weighted by Gasteiger charge is 2.35. The van der Waals surface area contributed by atoms with E-state index < -0.39 is 44.0 Å². The summed E-state index contributed by atoms with van der Waals surface area (Å²) in [4.78, 5) is 15.8. The normalized spacial score (nSPS) is 20.8. The number of amides is 1. The average molecular weight is 726 g/mol. The molecule has 0 fully saturated rings. The lowest BCUT2D eigenvalue weighted by atomic mass is 10.0. The molecule has 0 saturated heterocycles. The van der Waals surface area contributed by atoms with Gasteiger partial charge in [-0.25, -0.2) is 16.8 Å². The van der Waals surface area contributed by atoms with Crippen LogP contribution in [0.25, 0.3) is 0 Å². The predicted molar refractivity (Wildman–Crippen MR) is 179 cm³/mol. The summed E-state index contributed by atoms with van der Waals surface area (Å²) in [7, 11) is -6.64. The van der Waals surface area contributed by atoms with E-state index in [-0.39, 0.29) is 75.5 Å². The molecule has 49 heavy (non-hydrogen) atoms. The first-order valence-electron chi connectivity index (χ1n) is 16.2. The number of fused-ring (bicyclic) bond motifs is 1. The van der Waals surface area contributed by atoms with Crippen LogP contribution in [0.15, 0.2) is 37.0 Å². The second-order valence-electron chi connectivity index (χ2n) is 12.7. The molecule has 3 heterocycles. The number of ether oxygens (including phenoxy) is 2. The van der Waals surface area contributed by atoms with Gasteiger partial charge in [-0.3, -0.25) is 9.52 Å². The molecule has 0 radical (unpaired) electrons. The molecule has 0 bridgehead atoms. The van der Waals surface area contributed by atoms with Crippen molar-refractivity contribution in [3.05, 3.63) is 46.7 Å². The van der Waals surface area contributed by atoms with Gasteiger partial charge in [0.25, 0.3) is 15.9 Å². The highest BCUT2D eigenvalue weighted by atomic mass is 32.2. The molecule has 17 heteroatoms. The molecule has 2 aromatic heterocycles. The second kappa shape index (κ2) is 15.6. The molecule has 4 atom stereocenters. The van der Waals surface area contributed by atoms with Crippen molar-refractivity contribution < 1.29 is 45.3 Å². The minimum Gasteiger partial charge on any atom is -0.490 e. The average Bonchev–Trinajstić information content (AvgIpc) is 3.57. The Balaban J connectivity index is 1.70. The van der Waals surface area contributed by atoms with Crippen LogP contribution < -0.4 is 9.46 Å². The summed E-state index contributed by atoms with van der Waals surface area (Å²) in [6, 6.07) is 3.80. The third kappa shape index (κ3) is 8.63. The Kier molecular flexibility index (Phi) is 12.2. The number of rotatable bonds is 9. The van der Waals surface area contributed by atoms with Gasteiger partial charge in [0.2, 0.25) is 10.0 Å². The fraction of sp³-hybridized carbons (Fsp3) is 0.594. The Morgan fingerprint density at radius 3 is 2.24 bits per heavy atom. The summed E-state index contributed by atoms with van der Waals surface area (Å²) in [5.74, 6) is -0.360. The van der Waals surface area contributed by atoms with Crippen LogP contribution in [-0.2, 0) is 24.8 Å². The zero-order valence-electron chi connectivity index (χ0n) is 29.2. The molecule has 1 aliphatic rings. The third-order valence-corrected chi connectivity index (χ3v) is 12.3. The molecule has 0 saturated carbocycles. The Bertz CT molecular complexity index is 1800. The molecule has 0 aliphatic carbocycles. The second-order valence-corrected chi connectivity index (χ2v) is 16.3. The van der Waals surface area contributed by atoms with Crippen molar-refractivity contribution in [2.24, 2.45) is 5.92 Å². The molecule has 4 rings (SSSR count). The molecule has 1 amide bonds. The number of hydrogen-bond donors (Lipinski definition) is 2. The Labute approximate surface area is 288 Å². The van der Waals surface area contributed by atoms with Gasteiger partial charge in [0.15, 0.2) is 16.4 Å². The summed E-state index contributed by atoms with van der Waals surface area (Å²) in [5, 5.41) is 17.8. The molecule has 272 valence electrons. The zero-order valence-corrected chi connectivity index (χ0v) is 30.9. The molecular weight excluding hydrogens is 679 g/mol.